The van der Waals surface area contributed by atoms with Crippen molar-refractivity contribution in [1.82, 2.24) is 5.32 Å². The van der Waals surface area contributed by atoms with Gasteiger partial charge in [-0.05, 0) is 50.1 Å². The summed E-state index contributed by atoms with van der Waals surface area (Å²) in [5, 5.41) is 10.3. The molecule has 0 aromatic heterocycles. The zero-order valence-corrected chi connectivity index (χ0v) is 16.4. The van der Waals surface area contributed by atoms with Gasteiger partial charge < -0.3 is 16.0 Å². The van der Waals surface area contributed by atoms with Gasteiger partial charge in [0.25, 0.3) is 0 Å². The molecule has 26 heavy (non-hydrogen) atoms. The monoisotopic (exact) mass is 393 g/mol. The maximum absolute atomic E-state index is 12.3. The first-order valence-corrected chi connectivity index (χ1v) is 9.14. The van der Waals surface area contributed by atoms with E-state index in [0.29, 0.717) is 5.02 Å². The van der Waals surface area contributed by atoms with E-state index in [1.165, 1.54) is 5.56 Å². The molecule has 6 heteroatoms. The summed E-state index contributed by atoms with van der Waals surface area (Å²) in [6, 6.07) is 16.0. The van der Waals surface area contributed by atoms with Crippen LogP contribution in [-0.2, 0) is 4.79 Å². The highest BCUT2D eigenvalue weighted by atomic mass is 35.5. The van der Waals surface area contributed by atoms with E-state index >= 15 is 0 Å². The Hall–Kier alpha value is -1.75. The lowest BCUT2D eigenvalue weighted by molar-refractivity contribution is -0.120. The SMILES string of the molecule is CC(Nc1ccc(NC(=O)C2CCCNC2)cc1Cl)c1ccccc1.Cl. The molecule has 4 nitrogen and oxygen atoms in total. The first-order valence-electron chi connectivity index (χ1n) is 8.76. The summed E-state index contributed by atoms with van der Waals surface area (Å²) in [4.78, 5) is 12.3. The van der Waals surface area contributed by atoms with Crippen LogP contribution < -0.4 is 16.0 Å². The number of hydrogen-bond donors (Lipinski definition) is 3. The molecule has 0 saturated carbocycles. The number of rotatable bonds is 5. The molecule has 1 amide bonds. The van der Waals surface area contributed by atoms with Crippen molar-refractivity contribution in [2.75, 3.05) is 23.7 Å². The topological polar surface area (TPSA) is 53.2 Å². The molecule has 0 spiro atoms. The predicted molar refractivity (Wildman–Crippen MR) is 111 cm³/mol. The van der Waals surface area contributed by atoms with Crippen LogP contribution in [-0.4, -0.2) is 19.0 Å². The van der Waals surface area contributed by atoms with E-state index in [1.807, 2.05) is 30.3 Å². The largest absolute Gasteiger partial charge is 0.377 e. The average Bonchev–Trinajstić information content (AvgIpc) is 2.65. The second-order valence-electron chi connectivity index (χ2n) is 6.50. The Morgan fingerprint density at radius 2 is 2.00 bits per heavy atom. The zero-order chi connectivity index (χ0) is 17.6. The Labute approximate surface area is 166 Å². The summed E-state index contributed by atoms with van der Waals surface area (Å²) in [6.45, 7) is 3.83. The van der Waals surface area contributed by atoms with E-state index in [9.17, 15) is 4.79 Å². The number of piperidine rings is 1. The normalized spacial score (nSPS) is 17.7. The summed E-state index contributed by atoms with van der Waals surface area (Å²) >= 11 is 6.40. The minimum absolute atomic E-state index is 0. The second kappa shape index (κ2) is 9.81. The molecule has 1 aliphatic heterocycles. The summed E-state index contributed by atoms with van der Waals surface area (Å²) in [5.41, 5.74) is 2.79. The lowest BCUT2D eigenvalue weighted by atomic mass is 9.99. The fourth-order valence-electron chi connectivity index (χ4n) is 3.09. The van der Waals surface area contributed by atoms with E-state index in [-0.39, 0.29) is 30.3 Å². The van der Waals surface area contributed by atoms with E-state index in [2.05, 4.69) is 35.0 Å². The van der Waals surface area contributed by atoms with E-state index in [0.717, 1.165) is 37.3 Å². The van der Waals surface area contributed by atoms with Crippen molar-refractivity contribution in [1.29, 1.82) is 0 Å². The van der Waals surface area contributed by atoms with E-state index in [4.69, 9.17) is 11.6 Å². The highest BCUT2D eigenvalue weighted by Crippen LogP contribution is 2.29. The van der Waals surface area contributed by atoms with Crippen LogP contribution in [0.5, 0.6) is 0 Å². The van der Waals surface area contributed by atoms with Gasteiger partial charge in [-0.15, -0.1) is 12.4 Å². The fraction of sp³-hybridized carbons (Fsp3) is 0.350. The van der Waals surface area contributed by atoms with Gasteiger partial charge in [0.2, 0.25) is 5.91 Å². The van der Waals surface area contributed by atoms with Gasteiger partial charge in [-0.3, -0.25) is 4.79 Å². The van der Waals surface area contributed by atoms with Crippen molar-refractivity contribution < 1.29 is 4.79 Å². The van der Waals surface area contributed by atoms with Crippen molar-refractivity contribution in [2.45, 2.75) is 25.8 Å². The van der Waals surface area contributed by atoms with Crippen LogP contribution in [0.1, 0.15) is 31.4 Å². The highest BCUT2D eigenvalue weighted by Gasteiger charge is 2.21. The lowest BCUT2D eigenvalue weighted by Gasteiger charge is -2.22. The highest BCUT2D eigenvalue weighted by molar-refractivity contribution is 6.33. The molecule has 1 fully saturated rings. The lowest BCUT2D eigenvalue weighted by Crippen LogP contribution is -2.37. The minimum Gasteiger partial charge on any atom is -0.377 e. The Kier molecular flexibility index (Phi) is 7.76. The first-order chi connectivity index (χ1) is 12.1. The van der Waals surface area contributed by atoms with Gasteiger partial charge >= 0.3 is 0 Å². The van der Waals surface area contributed by atoms with Crippen LogP contribution in [0.25, 0.3) is 0 Å². The molecule has 2 aromatic rings. The Morgan fingerprint density at radius 3 is 2.65 bits per heavy atom. The van der Waals surface area contributed by atoms with Crippen LogP contribution in [0.3, 0.4) is 0 Å². The van der Waals surface area contributed by atoms with Crippen molar-refractivity contribution in [3.63, 3.8) is 0 Å². The molecule has 1 saturated heterocycles. The van der Waals surface area contributed by atoms with Gasteiger partial charge in [0.15, 0.2) is 0 Å². The Balaban J connectivity index is 0.00000243. The molecule has 2 unspecified atom stereocenters. The third kappa shape index (κ3) is 5.37. The third-order valence-electron chi connectivity index (χ3n) is 4.58. The van der Waals surface area contributed by atoms with Gasteiger partial charge in [-0.25, -0.2) is 0 Å². The predicted octanol–water partition coefficient (Wildman–Crippen LogP) is 4.87. The summed E-state index contributed by atoms with van der Waals surface area (Å²) < 4.78 is 0. The number of hydrogen-bond acceptors (Lipinski definition) is 3. The number of amides is 1. The molecule has 1 heterocycles. The quantitative estimate of drug-likeness (QED) is 0.678. The van der Waals surface area contributed by atoms with Crippen LogP contribution in [0.4, 0.5) is 11.4 Å². The first kappa shape index (κ1) is 20.6. The van der Waals surface area contributed by atoms with Gasteiger partial charge in [0, 0.05) is 18.3 Å². The van der Waals surface area contributed by atoms with Gasteiger partial charge in [-0.1, -0.05) is 41.9 Å². The molecule has 2 aromatic carbocycles. The van der Waals surface area contributed by atoms with Crippen LogP contribution >= 0.6 is 24.0 Å². The van der Waals surface area contributed by atoms with E-state index in [1.54, 1.807) is 6.07 Å². The summed E-state index contributed by atoms with van der Waals surface area (Å²) in [7, 11) is 0. The molecular weight excluding hydrogens is 369 g/mol. The number of carbonyl (C=O) groups is 1. The molecule has 0 aliphatic carbocycles. The standard InChI is InChI=1S/C20H24ClN3O.ClH/c1-14(15-6-3-2-4-7-15)23-19-10-9-17(12-18(19)21)24-20(25)16-8-5-11-22-13-16;/h2-4,6-7,9-10,12,14,16,22-23H,5,8,11,13H2,1H3,(H,24,25);1H. The van der Waals surface area contributed by atoms with Crippen LogP contribution in [0.15, 0.2) is 48.5 Å². The van der Waals surface area contributed by atoms with Crippen molar-refractivity contribution in [3.05, 3.63) is 59.1 Å². The summed E-state index contributed by atoms with van der Waals surface area (Å²) in [5.74, 6) is 0.0880. The van der Waals surface area contributed by atoms with Crippen LogP contribution in [0, 0.1) is 5.92 Å². The van der Waals surface area contributed by atoms with Crippen LogP contribution in [0.2, 0.25) is 5.02 Å². The van der Waals surface area contributed by atoms with Crippen molar-refractivity contribution in [3.8, 4) is 0 Å². The molecular formula is C20H25Cl2N3O. The van der Waals surface area contributed by atoms with Gasteiger partial charge in [0.1, 0.15) is 0 Å². The number of benzene rings is 2. The number of halogens is 2. The zero-order valence-electron chi connectivity index (χ0n) is 14.8. The Morgan fingerprint density at radius 1 is 1.23 bits per heavy atom. The smallest absolute Gasteiger partial charge is 0.228 e. The van der Waals surface area contributed by atoms with E-state index < -0.39 is 0 Å². The summed E-state index contributed by atoms with van der Waals surface area (Å²) in [6.07, 6.45) is 1.97. The average molecular weight is 394 g/mol. The van der Waals surface area contributed by atoms with Crippen molar-refractivity contribution in [2.24, 2.45) is 5.92 Å². The maximum Gasteiger partial charge on any atom is 0.228 e. The molecule has 1 aliphatic rings. The maximum atomic E-state index is 12.3. The molecule has 0 radical (unpaired) electrons. The van der Waals surface area contributed by atoms with Crippen molar-refractivity contribution >= 4 is 41.3 Å². The molecule has 3 N–H and O–H groups in total. The second-order valence-corrected chi connectivity index (χ2v) is 6.91. The number of anilines is 2. The molecule has 2 atom stereocenters. The molecule has 0 bridgehead atoms. The van der Waals surface area contributed by atoms with Gasteiger partial charge in [0.05, 0.1) is 16.6 Å². The fourth-order valence-corrected chi connectivity index (χ4v) is 3.32. The number of carbonyl (C=O) groups excluding carboxylic acids is 1. The van der Waals surface area contributed by atoms with Gasteiger partial charge in [-0.2, -0.15) is 0 Å². The molecule has 3 rings (SSSR count). The minimum atomic E-state index is 0. The third-order valence-corrected chi connectivity index (χ3v) is 4.89. The molecule has 140 valence electrons. The Bertz CT molecular complexity index is 718. The number of nitrogens with one attached hydrogen (secondary N) is 3.